The van der Waals surface area contributed by atoms with E-state index in [0.29, 0.717) is 6.04 Å². The first kappa shape index (κ1) is 17.2. The molecule has 0 radical (unpaired) electrons. The highest BCUT2D eigenvalue weighted by atomic mass is 32.2. The van der Waals surface area contributed by atoms with Crippen LogP contribution < -0.4 is 5.46 Å². The third-order valence-corrected chi connectivity index (χ3v) is 6.37. The van der Waals surface area contributed by atoms with Crippen LogP contribution in [0.4, 0.5) is 0 Å². The molecular weight excluding hydrogens is 333 g/mol. The molecule has 2 fully saturated rings. The smallest absolute Gasteiger partial charge is 0.399 e. The fourth-order valence-corrected chi connectivity index (χ4v) is 4.01. The van der Waals surface area contributed by atoms with Crippen molar-refractivity contribution in [2.24, 2.45) is 0 Å². The molecule has 3 heterocycles. The first-order valence-corrected chi connectivity index (χ1v) is 9.49. The van der Waals surface area contributed by atoms with E-state index in [1.165, 1.54) is 4.90 Å². The van der Waals surface area contributed by atoms with Gasteiger partial charge < -0.3 is 9.31 Å². The van der Waals surface area contributed by atoms with E-state index in [2.05, 4.69) is 67.6 Å². The molecule has 0 N–H and O–H groups in total. The Morgan fingerprint density at radius 3 is 2.36 bits per heavy atom. The second-order valence-corrected chi connectivity index (χ2v) is 8.92. The van der Waals surface area contributed by atoms with Gasteiger partial charge >= 0.3 is 7.12 Å². The zero-order chi connectivity index (χ0) is 17.7. The Labute approximate surface area is 154 Å². The maximum atomic E-state index is 6.10. The predicted octanol–water partition coefficient (Wildman–Crippen LogP) is 2.75. The Hall–Kier alpha value is -1.28. The molecule has 132 valence electrons. The highest BCUT2D eigenvalue weighted by molar-refractivity contribution is 7.97. The van der Waals surface area contributed by atoms with Crippen molar-refractivity contribution in [1.29, 1.82) is 0 Å². The average molecular weight is 357 g/mol. The number of nitrogens with zero attached hydrogens (tertiary/aromatic N) is 3. The number of hydrogen-bond donors (Lipinski definition) is 0. The van der Waals surface area contributed by atoms with Crippen molar-refractivity contribution >= 4 is 24.5 Å². The summed E-state index contributed by atoms with van der Waals surface area (Å²) in [5, 5.41) is 4.54. The van der Waals surface area contributed by atoms with Gasteiger partial charge in [0.2, 0.25) is 0 Å². The molecule has 0 unspecified atom stereocenters. The molecule has 0 aliphatic carbocycles. The highest BCUT2D eigenvalue weighted by Crippen LogP contribution is 2.37. The van der Waals surface area contributed by atoms with Gasteiger partial charge in [-0.15, -0.1) is 0 Å². The van der Waals surface area contributed by atoms with Crippen LogP contribution in [0, 0.1) is 0 Å². The first-order chi connectivity index (χ1) is 11.8. The van der Waals surface area contributed by atoms with Crippen LogP contribution in [0.2, 0.25) is 0 Å². The molecule has 1 aromatic heterocycles. The number of aromatic nitrogens is 2. The van der Waals surface area contributed by atoms with E-state index in [4.69, 9.17) is 9.31 Å². The van der Waals surface area contributed by atoms with E-state index in [0.717, 1.165) is 18.6 Å². The minimum absolute atomic E-state index is 0.320. The van der Waals surface area contributed by atoms with Crippen molar-refractivity contribution in [3.8, 4) is 0 Å². The third kappa shape index (κ3) is 3.26. The molecule has 2 aliphatic heterocycles. The van der Waals surface area contributed by atoms with Crippen LogP contribution in [0.15, 0.2) is 47.6 Å². The molecule has 7 heteroatoms. The predicted molar refractivity (Wildman–Crippen MR) is 101 cm³/mol. The standard InChI is InChI=1S/C18H24BN3O2S/c1-17(2)18(3,4)24-19(23-17)14-10-20-22(11-14)15-12-21(13-15)25-16-8-6-5-7-9-16/h5-11,15H,12-13H2,1-4H3. The van der Waals surface area contributed by atoms with Gasteiger partial charge in [0.05, 0.1) is 17.2 Å². The van der Waals surface area contributed by atoms with Crippen molar-refractivity contribution in [1.82, 2.24) is 14.1 Å². The Morgan fingerprint density at radius 1 is 1.08 bits per heavy atom. The minimum atomic E-state index is -0.339. The largest absolute Gasteiger partial charge is 0.498 e. The average Bonchev–Trinajstić information content (AvgIpc) is 3.07. The molecule has 0 bridgehead atoms. The molecule has 0 saturated carbocycles. The van der Waals surface area contributed by atoms with Crippen molar-refractivity contribution in [2.75, 3.05) is 13.1 Å². The van der Waals surface area contributed by atoms with Crippen LogP contribution in [0.5, 0.6) is 0 Å². The lowest BCUT2D eigenvalue weighted by molar-refractivity contribution is 0.00578. The fourth-order valence-electron chi connectivity index (χ4n) is 2.94. The van der Waals surface area contributed by atoms with E-state index in [1.54, 1.807) is 11.9 Å². The quantitative estimate of drug-likeness (QED) is 0.622. The summed E-state index contributed by atoms with van der Waals surface area (Å²) in [4.78, 5) is 1.28. The van der Waals surface area contributed by atoms with E-state index >= 15 is 0 Å². The molecule has 0 atom stereocenters. The molecule has 5 nitrogen and oxygen atoms in total. The summed E-state index contributed by atoms with van der Waals surface area (Å²) < 4.78 is 16.6. The van der Waals surface area contributed by atoms with Gasteiger partial charge in [-0.3, -0.25) is 4.68 Å². The zero-order valence-corrected chi connectivity index (χ0v) is 16.0. The Bertz CT molecular complexity index is 728. The zero-order valence-electron chi connectivity index (χ0n) is 15.2. The van der Waals surface area contributed by atoms with Gasteiger partial charge in [0.1, 0.15) is 0 Å². The third-order valence-electron chi connectivity index (χ3n) is 5.33. The molecule has 2 aromatic rings. The molecule has 0 amide bonds. The van der Waals surface area contributed by atoms with Gasteiger partial charge in [-0.05, 0) is 51.8 Å². The maximum absolute atomic E-state index is 6.10. The van der Waals surface area contributed by atoms with Gasteiger partial charge in [0, 0.05) is 35.8 Å². The first-order valence-electron chi connectivity index (χ1n) is 8.72. The van der Waals surface area contributed by atoms with Gasteiger partial charge in [-0.25, -0.2) is 4.31 Å². The summed E-state index contributed by atoms with van der Waals surface area (Å²) in [6.45, 7) is 10.3. The number of hydrogen-bond acceptors (Lipinski definition) is 5. The van der Waals surface area contributed by atoms with Crippen LogP contribution in [-0.2, 0) is 9.31 Å². The van der Waals surface area contributed by atoms with E-state index < -0.39 is 0 Å². The second-order valence-electron chi connectivity index (χ2n) is 7.75. The molecule has 1 aromatic carbocycles. The lowest BCUT2D eigenvalue weighted by Gasteiger charge is -2.37. The van der Waals surface area contributed by atoms with Crippen LogP contribution in [0.1, 0.15) is 33.7 Å². The van der Waals surface area contributed by atoms with E-state index in [1.807, 2.05) is 16.9 Å². The van der Waals surface area contributed by atoms with E-state index in [-0.39, 0.29) is 18.3 Å². The normalized spacial score (nSPS) is 23.0. The molecule has 0 spiro atoms. The Morgan fingerprint density at radius 2 is 1.72 bits per heavy atom. The topological polar surface area (TPSA) is 39.5 Å². The van der Waals surface area contributed by atoms with Crippen molar-refractivity contribution in [3.63, 3.8) is 0 Å². The molecule has 4 rings (SSSR count). The van der Waals surface area contributed by atoms with Crippen LogP contribution >= 0.6 is 11.9 Å². The number of benzene rings is 1. The molecule has 25 heavy (non-hydrogen) atoms. The highest BCUT2D eigenvalue weighted by Gasteiger charge is 2.52. The summed E-state index contributed by atoms with van der Waals surface area (Å²) in [7, 11) is -0.339. The summed E-state index contributed by atoms with van der Waals surface area (Å²) in [6, 6.07) is 10.9. The Balaban J connectivity index is 1.36. The van der Waals surface area contributed by atoms with Crippen molar-refractivity contribution < 1.29 is 9.31 Å². The SMILES string of the molecule is CC1(C)OB(c2cnn(C3CN(Sc4ccccc4)C3)c2)OC1(C)C. The number of rotatable bonds is 4. The summed E-state index contributed by atoms with van der Waals surface area (Å²) >= 11 is 1.80. The molecule has 2 aliphatic rings. The van der Waals surface area contributed by atoms with Gasteiger partial charge in [0.15, 0.2) is 0 Å². The Kier molecular flexibility index (Phi) is 4.23. The lowest BCUT2D eigenvalue weighted by Crippen LogP contribution is -2.43. The summed E-state index contributed by atoms with van der Waals surface area (Å²) in [5.41, 5.74) is 0.353. The molecule has 2 saturated heterocycles. The van der Waals surface area contributed by atoms with Crippen LogP contribution in [0.25, 0.3) is 0 Å². The monoisotopic (exact) mass is 357 g/mol. The minimum Gasteiger partial charge on any atom is -0.399 e. The van der Waals surface area contributed by atoms with Crippen LogP contribution in [0.3, 0.4) is 0 Å². The lowest BCUT2D eigenvalue weighted by atomic mass is 9.82. The summed E-state index contributed by atoms with van der Waals surface area (Å²) in [6.07, 6.45) is 3.94. The van der Waals surface area contributed by atoms with Gasteiger partial charge in [-0.1, -0.05) is 18.2 Å². The molecular formula is C18H24BN3O2S. The van der Waals surface area contributed by atoms with Crippen molar-refractivity contribution in [3.05, 3.63) is 42.7 Å². The van der Waals surface area contributed by atoms with E-state index in [9.17, 15) is 0 Å². The second kappa shape index (κ2) is 6.16. The van der Waals surface area contributed by atoms with Gasteiger partial charge in [-0.2, -0.15) is 5.10 Å². The van der Waals surface area contributed by atoms with Crippen LogP contribution in [-0.4, -0.2) is 45.5 Å². The maximum Gasteiger partial charge on any atom is 0.498 e. The van der Waals surface area contributed by atoms with Gasteiger partial charge in [0.25, 0.3) is 0 Å². The summed E-state index contributed by atoms with van der Waals surface area (Å²) in [5.74, 6) is 0. The van der Waals surface area contributed by atoms with Crippen molar-refractivity contribution in [2.45, 2.75) is 49.8 Å². The fraction of sp³-hybridized carbons (Fsp3) is 0.500.